The van der Waals surface area contributed by atoms with Crippen molar-refractivity contribution >= 4 is 29.0 Å². The highest BCUT2D eigenvalue weighted by Gasteiger charge is 2.17. The van der Waals surface area contributed by atoms with Crippen LogP contribution in [-0.4, -0.2) is 30.9 Å². The molecule has 1 aliphatic heterocycles. The first kappa shape index (κ1) is 16.6. The monoisotopic (exact) mass is 347 g/mol. The molecule has 2 aromatic rings. The standard InChI is InChI=1S/C18H21NO2S2/c20-18(19-10-9-15-6-4-12-22-15)16-7-1-2-8-17(16)23-13-14-5-3-11-21-14/h1-2,4,6-8,12,14H,3,5,9-11,13H2,(H,19,20). The number of ether oxygens (including phenoxy) is 1. The van der Waals surface area contributed by atoms with Crippen LogP contribution in [0.2, 0.25) is 0 Å². The lowest BCUT2D eigenvalue weighted by atomic mass is 10.2. The van der Waals surface area contributed by atoms with E-state index in [4.69, 9.17) is 4.74 Å². The summed E-state index contributed by atoms with van der Waals surface area (Å²) in [6.07, 6.45) is 3.49. The van der Waals surface area contributed by atoms with E-state index in [9.17, 15) is 4.79 Å². The average molecular weight is 348 g/mol. The molecule has 3 nitrogen and oxygen atoms in total. The molecule has 1 fully saturated rings. The fourth-order valence-electron chi connectivity index (χ4n) is 2.59. The van der Waals surface area contributed by atoms with Gasteiger partial charge < -0.3 is 10.1 Å². The van der Waals surface area contributed by atoms with E-state index in [1.807, 2.05) is 30.3 Å². The van der Waals surface area contributed by atoms with E-state index < -0.39 is 0 Å². The minimum Gasteiger partial charge on any atom is -0.377 e. The molecule has 1 amide bonds. The van der Waals surface area contributed by atoms with Gasteiger partial charge in [0.1, 0.15) is 0 Å². The lowest BCUT2D eigenvalue weighted by molar-refractivity contribution is 0.0951. The second-order valence-electron chi connectivity index (χ2n) is 5.53. The molecule has 1 atom stereocenters. The van der Waals surface area contributed by atoms with Crippen molar-refractivity contribution in [1.29, 1.82) is 0 Å². The van der Waals surface area contributed by atoms with Crippen LogP contribution < -0.4 is 5.32 Å². The molecule has 1 aromatic carbocycles. The van der Waals surface area contributed by atoms with E-state index in [1.54, 1.807) is 23.1 Å². The summed E-state index contributed by atoms with van der Waals surface area (Å²) in [5, 5.41) is 5.09. The zero-order valence-corrected chi connectivity index (χ0v) is 14.6. The maximum atomic E-state index is 12.4. The van der Waals surface area contributed by atoms with E-state index in [2.05, 4.69) is 16.8 Å². The second kappa shape index (κ2) is 8.52. The molecule has 0 aliphatic carbocycles. The smallest absolute Gasteiger partial charge is 0.252 e. The van der Waals surface area contributed by atoms with Crippen molar-refractivity contribution in [2.24, 2.45) is 0 Å². The lowest BCUT2D eigenvalue weighted by Gasteiger charge is -2.12. The fourth-order valence-corrected chi connectivity index (χ4v) is 4.42. The van der Waals surface area contributed by atoms with Crippen molar-refractivity contribution < 1.29 is 9.53 Å². The third-order valence-electron chi connectivity index (χ3n) is 3.82. The van der Waals surface area contributed by atoms with Crippen LogP contribution in [0.25, 0.3) is 0 Å². The number of nitrogens with one attached hydrogen (secondary N) is 1. The molecule has 122 valence electrons. The Morgan fingerprint density at radius 3 is 3.00 bits per heavy atom. The zero-order chi connectivity index (χ0) is 15.9. The van der Waals surface area contributed by atoms with Gasteiger partial charge in [0.25, 0.3) is 5.91 Å². The van der Waals surface area contributed by atoms with Gasteiger partial charge in [0.05, 0.1) is 11.7 Å². The van der Waals surface area contributed by atoms with Crippen LogP contribution in [-0.2, 0) is 11.2 Å². The number of hydrogen-bond donors (Lipinski definition) is 1. The van der Waals surface area contributed by atoms with Gasteiger partial charge in [0.15, 0.2) is 0 Å². The van der Waals surface area contributed by atoms with Gasteiger partial charge in [-0.05, 0) is 42.8 Å². The van der Waals surface area contributed by atoms with Crippen LogP contribution in [0.5, 0.6) is 0 Å². The number of benzene rings is 1. The molecule has 1 N–H and O–H groups in total. The fraction of sp³-hybridized carbons (Fsp3) is 0.389. The molecule has 5 heteroatoms. The van der Waals surface area contributed by atoms with Crippen molar-refractivity contribution in [1.82, 2.24) is 5.32 Å². The van der Waals surface area contributed by atoms with E-state index in [-0.39, 0.29) is 5.91 Å². The third kappa shape index (κ3) is 4.83. The molecular weight excluding hydrogens is 326 g/mol. The summed E-state index contributed by atoms with van der Waals surface area (Å²) in [4.78, 5) is 14.8. The highest BCUT2D eigenvalue weighted by molar-refractivity contribution is 7.99. The Hall–Kier alpha value is -1.30. The molecule has 0 saturated carbocycles. The number of amides is 1. The molecule has 0 spiro atoms. The lowest BCUT2D eigenvalue weighted by Crippen LogP contribution is -2.26. The second-order valence-corrected chi connectivity index (χ2v) is 7.62. The predicted molar refractivity (Wildman–Crippen MR) is 96.5 cm³/mol. The number of carbonyl (C=O) groups is 1. The van der Waals surface area contributed by atoms with E-state index in [0.29, 0.717) is 12.6 Å². The van der Waals surface area contributed by atoms with Gasteiger partial charge in [-0.25, -0.2) is 0 Å². The molecule has 2 heterocycles. The van der Waals surface area contributed by atoms with Gasteiger partial charge in [-0.3, -0.25) is 4.79 Å². The maximum absolute atomic E-state index is 12.4. The molecule has 23 heavy (non-hydrogen) atoms. The first-order chi connectivity index (χ1) is 11.3. The van der Waals surface area contributed by atoms with Crippen LogP contribution in [0.4, 0.5) is 0 Å². The molecule has 3 rings (SSSR count). The van der Waals surface area contributed by atoms with Crippen molar-refractivity contribution in [3.05, 3.63) is 52.2 Å². The van der Waals surface area contributed by atoms with Gasteiger partial charge in [0.2, 0.25) is 0 Å². The van der Waals surface area contributed by atoms with Crippen LogP contribution in [0.15, 0.2) is 46.7 Å². The Morgan fingerprint density at radius 1 is 1.30 bits per heavy atom. The zero-order valence-electron chi connectivity index (χ0n) is 13.0. The summed E-state index contributed by atoms with van der Waals surface area (Å²) in [6, 6.07) is 12.0. The molecule has 1 unspecified atom stereocenters. The highest BCUT2D eigenvalue weighted by atomic mass is 32.2. The Labute approximate surface area is 145 Å². The summed E-state index contributed by atoms with van der Waals surface area (Å²) in [5.74, 6) is 0.927. The summed E-state index contributed by atoms with van der Waals surface area (Å²) in [5.41, 5.74) is 0.765. The summed E-state index contributed by atoms with van der Waals surface area (Å²) < 4.78 is 5.66. The van der Waals surface area contributed by atoms with Crippen molar-refractivity contribution in [2.75, 3.05) is 18.9 Å². The number of thiophene rings is 1. The van der Waals surface area contributed by atoms with Gasteiger partial charge in [0, 0.05) is 28.7 Å². The minimum absolute atomic E-state index is 0.0111. The normalized spacial score (nSPS) is 17.3. The quantitative estimate of drug-likeness (QED) is 0.770. The molecule has 1 aliphatic rings. The molecule has 0 bridgehead atoms. The van der Waals surface area contributed by atoms with E-state index in [1.165, 1.54) is 4.88 Å². The Balaban J connectivity index is 1.54. The number of hydrogen-bond acceptors (Lipinski definition) is 4. The topological polar surface area (TPSA) is 38.3 Å². The SMILES string of the molecule is O=C(NCCc1cccs1)c1ccccc1SCC1CCCO1. The number of rotatable bonds is 7. The van der Waals surface area contributed by atoms with Gasteiger partial charge in [-0.15, -0.1) is 23.1 Å². The molecular formula is C18H21NO2S2. The first-order valence-electron chi connectivity index (χ1n) is 7.97. The van der Waals surface area contributed by atoms with Gasteiger partial charge in [-0.1, -0.05) is 18.2 Å². The Kier molecular flexibility index (Phi) is 6.13. The van der Waals surface area contributed by atoms with Crippen molar-refractivity contribution in [3.8, 4) is 0 Å². The summed E-state index contributed by atoms with van der Waals surface area (Å²) in [6.45, 7) is 1.54. The average Bonchev–Trinajstić information content (AvgIpc) is 3.27. The van der Waals surface area contributed by atoms with Crippen molar-refractivity contribution in [2.45, 2.75) is 30.3 Å². The number of carbonyl (C=O) groups excluding carboxylic acids is 1. The Bertz CT molecular complexity index is 622. The Morgan fingerprint density at radius 2 is 2.22 bits per heavy atom. The minimum atomic E-state index is 0.0111. The maximum Gasteiger partial charge on any atom is 0.252 e. The van der Waals surface area contributed by atoms with Gasteiger partial charge >= 0.3 is 0 Å². The van der Waals surface area contributed by atoms with Crippen molar-refractivity contribution in [3.63, 3.8) is 0 Å². The van der Waals surface area contributed by atoms with E-state index >= 15 is 0 Å². The van der Waals surface area contributed by atoms with Crippen LogP contribution in [0.3, 0.4) is 0 Å². The summed E-state index contributed by atoms with van der Waals surface area (Å²) >= 11 is 3.45. The third-order valence-corrected chi connectivity index (χ3v) is 5.96. The van der Waals surface area contributed by atoms with Crippen LogP contribution in [0, 0.1) is 0 Å². The summed E-state index contributed by atoms with van der Waals surface area (Å²) in [7, 11) is 0. The first-order valence-corrected chi connectivity index (χ1v) is 9.83. The van der Waals surface area contributed by atoms with Gasteiger partial charge in [-0.2, -0.15) is 0 Å². The molecule has 1 aromatic heterocycles. The van der Waals surface area contributed by atoms with Crippen LogP contribution in [0.1, 0.15) is 28.1 Å². The molecule has 0 radical (unpaired) electrons. The largest absolute Gasteiger partial charge is 0.377 e. The predicted octanol–water partition coefficient (Wildman–Crippen LogP) is 3.99. The van der Waals surface area contributed by atoms with Crippen LogP contribution >= 0.6 is 23.1 Å². The van der Waals surface area contributed by atoms with E-state index in [0.717, 1.165) is 42.1 Å². The highest BCUT2D eigenvalue weighted by Crippen LogP contribution is 2.26. The number of thioether (sulfide) groups is 1. The molecule has 1 saturated heterocycles.